The van der Waals surface area contributed by atoms with Gasteiger partial charge in [0.05, 0.1) is 25.1 Å². The van der Waals surface area contributed by atoms with Gasteiger partial charge in [-0.3, -0.25) is 4.79 Å². The first-order chi connectivity index (χ1) is 10.7. The molecule has 3 aromatic rings. The third kappa shape index (κ3) is 2.76. The highest BCUT2D eigenvalue weighted by molar-refractivity contribution is 7.08. The molecule has 0 aliphatic heterocycles. The molecule has 0 bridgehead atoms. The van der Waals surface area contributed by atoms with Crippen LogP contribution < -0.4 is 5.32 Å². The van der Waals surface area contributed by atoms with Gasteiger partial charge in [0.2, 0.25) is 0 Å². The smallest absolute Gasteiger partial charge is 0.270 e. The summed E-state index contributed by atoms with van der Waals surface area (Å²) in [6.45, 7) is 1.89. The van der Waals surface area contributed by atoms with Crippen molar-refractivity contribution >= 4 is 23.3 Å². The Bertz CT molecular complexity index is 778. The lowest BCUT2D eigenvalue weighted by molar-refractivity contribution is 0.102. The molecule has 3 rings (SSSR count). The SMILES string of the molecule is Cc1nnsc1C(=O)Nc1cc(-c2ccco2)nn1CCO. The summed E-state index contributed by atoms with van der Waals surface area (Å²) in [5.41, 5.74) is 1.15. The highest BCUT2D eigenvalue weighted by atomic mass is 32.1. The van der Waals surface area contributed by atoms with Crippen molar-refractivity contribution in [3.05, 3.63) is 35.0 Å². The number of rotatable bonds is 5. The van der Waals surface area contributed by atoms with Crippen LogP contribution >= 0.6 is 11.5 Å². The van der Waals surface area contributed by atoms with Crippen molar-refractivity contribution in [2.75, 3.05) is 11.9 Å². The van der Waals surface area contributed by atoms with Crippen LogP contribution in [0.1, 0.15) is 15.4 Å². The molecule has 0 saturated carbocycles. The standard InChI is InChI=1S/C13H13N5O3S/c1-8-12(22-17-15-8)13(20)14-11-7-9(10-3-2-6-21-10)16-18(11)4-5-19/h2-3,6-7,19H,4-5H2,1H3,(H,14,20). The molecule has 0 spiro atoms. The molecule has 0 aliphatic carbocycles. The van der Waals surface area contributed by atoms with Gasteiger partial charge in [-0.1, -0.05) is 4.49 Å². The highest BCUT2D eigenvalue weighted by Gasteiger charge is 2.17. The second-order valence-electron chi connectivity index (χ2n) is 4.48. The molecule has 2 N–H and O–H groups in total. The van der Waals surface area contributed by atoms with E-state index in [4.69, 9.17) is 9.52 Å². The maximum absolute atomic E-state index is 12.2. The number of aliphatic hydroxyl groups is 1. The van der Waals surface area contributed by atoms with Gasteiger partial charge in [-0.25, -0.2) is 4.68 Å². The fourth-order valence-electron chi connectivity index (χ4n) is 1.94. The van der Waals surface area contributed by atoms with Gasteiger partial charge in [0, 0.05) is 6.07 Å². The van der Waals surface area contributed by atoms with E-state index in [0.717, 1.165) is 11.5 Å². The molecule has 8 nitrogen and oxygen atoms in total. The Morgan fingerprint density at radius 1 is 1.55 bits per heavy atom. The fraction of sp³-hybridized carbons (Fsp3) is 0.231. The van der Waals surface area contributed by atoms with Crippen LogP contribution in [0.5, 0.6) is 0 Å². The summed E-state index contributed by atoms with van der Waals surface area (Å²) in [5, 5.41) is 20.0. The minimum atomic E-state index is -0.308. The first-order valence-electron chi connectivity index (χ1n) is 6.52. The minimum absolute atomic E-state index is 0.0940. The molecule has 0 unspecified atom stereocenters. The van der Waals surface area contributed by atoms with Gasteiger partial charge in [0.1, 0.15) is 16.4 Å². The Morgan fingerprint density at radius 2 is 2.41 bits per heavy atom. The molecule has 0 fully saturated rings. The second kappa shape index (κ2) is 6.08. The average Bonchev–Trinajstić information content (AvgIpc) is 3.20. The topological polar surface area (TPSA) is 106 Å². The second-order valence-corrected chi connectivity index (χ2v) is 5.23. The predicted octanol–water partition coefficient (Wildman–Crippen LogP) is 1.55. The number of aryl methyl sites for hydroxylation is 1. The van der Waals surface area contributed by atoms with E-state index < -0.39 is 0 Å². The molecule has 9 heteroatoms. The van der Waals surface area contributed by atoms with Crippen LogP contribution in [-0.4, -0.2) is 37.0 Å². The predicted molar refractivity (Wildman–Crippen MR) is 79.6 cm³/mol. The number of hydrogen-bond acceptors (Lipinski definition) is 7. The van der Waals surface area contributed by atoms with Crippen LogP contribution in [0.3, 0.4) is 0 Å². The van der Waals surface area contributed by atoms with Crippen molar-refractivity contribution in [2.24, 2.45) is 0 Å². The molecule has 0 aromatic carbocycles. The number of anilines is 1. The van der Waals surface area contributed by atoms with Crippen molar-refractivity contribution in [1.82, 2.24) is 19.4 Å². The van der Waals surface area contributed by atoms with E-state index in [1.807, 2.05) is 0 Å². The van der Waals surface area contributed by atoms with Crippen molar-refractivity contribution in [3.63, 3.8) is 0 Å². The number of nitrogens with zero attached hydrogens (tertiary/aromatic N) is 4. The van der Waals surface area contributed by atoms with Gasteiger partial charge < -0.3 is 14.8 Å². The Kier molecular flexibility index (Phi) is 3.98. The van der Waals surface area contributed by atoms with Gasteiger partial charge in [-0.15, -0.1) is 5.10 Å². The molecule has 0 atom stereocenters. The van der Waals surface area contributed by atoms with Gasteiger partial charge in [0.15, 0.2) is 5.76 Å². The van der Waals surface area contributed by atoms with E-state index >= 15 is 0 Å². The quantitative estimate of drug-likeness (QED) is 0.739. The third-order valence-electron chi connectivity index (χ3n) is 2.96. The zero-order valence-electron chi connectivity index (χ0n) is 11.7. The Labute approximate surface area is 129 Å². The zero-order valence-corrected chi connectivity index (χ0v) is 12.5. The largest absolute Gasteiger partial charge is 0.463 e. The monoisotopic (exact) mass is 319 g/mol. The Hall–Kier alpha value is -2.52. The average molecular weight is 319 g/mol. The molecular formula is C13H13N5O3S. The van der Waals surface area contributed by atoms with E-state index in [2.05, 4.69) is 20.0 Å². The summed E-state index contributed by atoms with van der Waals surface area (Å²) in [6, 6.07) is 5.22. The van der Waals surface area contributed by atoms with E-state index in [1.165, 1.54) is 4.68 Å². The maximum atomic E-state index is 12.2. The van der Waals surface area contributed by atoms with Gasteiger partial charge in [-0.05, 0) is 30.6 Å². The van der Waals surface area contributed by atoms with E-state index in [0.29, 0.717) is 27.8 Å². The van der Waals surface area contributed by atoms with Crippen molar-refractivity contribution in [2.45, 2.75) is 13.5 Å². The summed E-state index contributed by atoms with van der Waals surface area (Å²) in [4.78, 5) is 12.7. The first-order valence-corrected chi connectivity index (χ1v) is 7.29. The van der Waals surface area contributed by atoms with Crippen LogP contribution in [0, 0.1) is 6.92 Å². The normalized spacial score (nSPS) is 10.8. The third-order valence-corrected chi connectivity index (χ3v) is 3.79. The van der Waals surface area contributed by atoms with Crippen molar-refractivity contribution in [1.29, 1.82) is 0 Å². The number of aliphatic hydroxyl groups excluding tert-OH is 1. The summed E-state index contributed by atoms with van der Waals surface area (Å²) in [5.74, 6) is 0.749. The molecule has 22 heavy (non-hydrogen) atoms. The summed E-state index contributed by atoms with van der Waals surface area (Å²) in [6.07, 6.45) is 1.55. The summed E-state index contributed by atoms with van der Waals surface area (Å²) in [7, 11) is 0. The van der Waals surface area contributed by atoms with Crippen LogP contribution in [0.2, 0.25) is 0 Å². The molecule has 3 heterocycles. The molecule has 3 aromatic heterocycles. The van der Waals surface area contributed by atoms with Gasteiger partial charge >= 0.3 is 0 Å². The number of aromatic nitrogens is 4. The number of amides is 1. The zero-order chi connectivity index (χ0) is 15.5. The van der Waals surface area contributed by atoms with Crippen LogP contribution in [0.4, 0.5) is 5.82 Å². The number of carbonyl (C=O) groups excluding carboxylic acids is 1. The van der Waals surface area contributed by atoms with Crippen LogP contribution in [0.15, 0.2) is 28.9 Å². The van der Waals surface area contributed by atoms with Crippen molar-refractivity contribution in [3.8, 4) is 11.5 Å². The van der Waals surface area contributed by atoms with Crippen LogP contribution in [-0.2, 0) is 6.54 Å². The number of furan rings is 1. The molecule has 0 aliphatic rings. The Morgan fingerprint density at radius 3 is 3.05 bits per heavy atom. The Balaban J connectivity index is 1.89. The molecule has 0 radical (unpaired) electrons. The van der Waals surface area contributed by atoms with Gasteiger partial charge in [0.25, 0.3) is 5.91 Å². The lowest BCUT2D eigenvalue weighted by atomic mass is 10.3. The molecule has 114 valence electrons. The number of hydrogen-bond donors (Lipinski definition) is 2. The maximum Gasteiger partial charge on any atom is 0.270 e. The van der Waals surface area contributed by atoms with E-state index in [1.54, 1.807) is 31.4 Å². The number of carbonyl (C=O) groups is 1. The lowest BCUT2D eigenvalue weighted by Gasteiger charge is -2.06. The molecule has 0 saturated heterocycles. The summed E-state index contributed by atoms with van der Waals surface area (Å²) < 4.78 is 10.5. The first kappa shape index (κ1) is 14.4. The van der Waals surface area contributed by atoms with E-state index in [9.17, 15) is 4.79 Å². The van der Waals surface area contributed by atoms with Gasteiger partial charge in [-0.2, -0.15) is 5.10 Å². The minimum Gasteiger partial charge on any atom is -0.463 e. The molecular weight excluding hydrogens is 306 g/mol. The lowest BCUT2D eigenvalue weighted by Crippen LogP contribution is -2.16. The van der Waals surface area contributed by atoms with E-state index in [-0.39, 0.29) is 19.1 Å². The van der Waals surface area contributed by atoms with Crippen molar-refractivity contribution < 1.29 is 14.3 Å². The van der Waals surface area contributed by atoms with Crippen LogP contribution in [0.25, 0.3) is 11.5 Å². The molecule has 1 amide bonds. The fourth-order valence-corrected chi connectivity index (χ4v) is 2.49. The highest BCUT2D eigenvalue weighted by Crippen LogP contribution is 2.23. The summed E-state index contributed by atoms with van der Waals surface area (Å²) >= 11 is 1.03. The number of nitrogens with one attached hydrogen (secondary N) is 1.